The number of hydrogen-bond acceptors (Lipinski definition) is 12. The fourth-order valence-electron chi connectivity index (χ4n) is 8.79. The van der Waals surface area contributed by atoms with E-state index < -0.39 is 83.7 Å². The highest BCUT2D eigenvalue weighted by Crippen LogP contribution is 2.40. The van der Waals surface area contributed by atoms with E-state index in [4.69, 9.17) is 28.4 Å². The lowest BCUT2D eigenvalue weighted by Gasteiger charge is -2.47. The van der Waals surface area contributed by atoms with E-state index in [1.807, 2.05) is 70.1 Å². The maximum atomic E-state index is 14.4. The predicted octanol–water partition coefficient (Wildman–Crippen LogP) is 4.30. The van der Waals surface area contributed by atoms with Crippen LogP contribution in [0, 0.1) is 23.7 Å². The maximum absolute atomic E-state index is 14.4. The van der Waals surface area contributed by atoms with Crippen molar-refractivity contribution in [3.63, 3.8) is 0 Å². The number of rotatable bonds is 8. The van der Waals surface area contributed by atoms with Gasteiger partial charge in [-0.3, -0.25) is 14.4 Å². The zero-order valence-electron chi connectivity index (χ0n) is 35.2. The Morgan fingerprint density at radius 2 is 1.71 bits per heavy atom. The number of amides is 3. The van der Waals surface area contributed by atoms with E-state index >= 15 is 0 Å². The van der Waals surface area contributed by atoms with Gasteiger partial charge in [-0.05, 0) is 72.5 Å². The molecule has 0 radical (unpaired) electrons. The number of Topliss-reactive ketones (excluding diaryl/α,β-unsaturated/α-hetero) is 1. The number of methoxy groups -OCH3 is 1. The summed E-state index contributed by atoms with van der Waals surface area (Å²) in [5, 5.41) is 5.55. The molecule has 2 N–H and O–H groups in total. The smallest absolute Gasteiger partial charge is 0.410 e. The Morgan fingerprint density at radius 3 is 2.30 bits per heavy atom. The van der Waals surface area contributed by atoms with Crippen LogP contribution in [-0.4, -0.2) is 128 Å². The molecular weight excluding hydrogens is 724 g/mol. The summed E-state index contributed by atoms with van der Waals surface area (Å²) in [6.45, 7) is 14.4. The number of ketones is 1. The van der Waals surface area contributed by atoms with Crippen molar-refractivity contribution in [1.29, 1.82) is 0 Å². The van der Waals surface area contributed by atoms with Crippen LogP contribution in [0.3, 0.4) is 0 Å². The van der Waals surface area contributed by atoms with Gasteiger partial charge in [0.2, 0.25) is 5.91 Å². The van der Waals surface area contributed by atoms with E-state index in [9.17, 15) is 24.0 Å². The van der Waals surface area contributed by atoms with Gasteiger partial charge in [-0.15, -0.1) is 0 Å². The summed E-state index contributed by atoms with van der Waals surface area (Å²) in [7, 11) is 6.94. The SMILES string of the molecule is CC[C@H]1OC(=O)C(C)C(=O)[C@H](C)[C@@H](OC2OC(C(=O)NC)CC(N(C)C)C2C)[C@](C)(OC)C[C@@H](C)CN(C(=O)OCc2ccccc2)[C@H](C)[C@H]2NC(=O)O[C@@]21C. The number of nitrogens with zero attached hydrogens (tertiary/aromatic N) is 2. The lowest BCUT2D eigenvalue weighted by atomic mass is 9.78. The third-order valence-corrected chi connectivity index (χ3v) is 12.2. The predicted molar refractivity (Wildman–Crippen MR) is 206 cm³/mol. The lowest BCUT2D eigenvalue weighted by Crippen LogP contribution is -2.61. The van der Waals surface area contributed by atoms with Gasteiger partial charge in [0.25, 0.3) is 0 Å². The van der Waals surface area contributed by atoms with Gasteiger partial charge in [0.15, 0.2) is 17.7 Å². The van der Waals surface area contributed by atoms with Crippen LogP contribution in [0.5, 0.6) is 0 Å². The van der Waals surface area contributed by atoms with Crippen LogP contribution in [0.2, 0.25) is 0 Å². The molecule has 3 aliphatic rings. The first-order valence-corrected chi connectivity index (χ1v) is 19.8. The first kappa shape index (κ1) is 44.9. The number of hydrogen-bond donors (Lipinski definition) is 2. The van der Waals surface area contributed by atoms with Crippen molar-refractivity contribution >= 4 is 29.8 Å². The topological polar surface area (TPSA) is 171 Å². The average Bonchev–Trinajstić information content (AvgIpc) is 3.49. The fraction of sp³-hybridized carbons (Fsp3) is 0.732. The molecule has 56 heavy (non-hydrogen) atoms. The van der Waals surface area contributed by atoms with Gasteiger partial charge in [-0.1, -0.05) is 58.0 Å². The second-order valence-corrected chi connectivity index (χ2v) is 16.5. The Balaban J connectivity index is 1.80. The molecule has 15 nitrogen and oxygen atoms in total. The van der Waals surface area contributed by atoms with Crippen molar-refractivity contribution in [2.45, 2.75) is 135 Å². The third-order valence-electron chi connectivity index (χ3n) is 12.2. The highest BCUT2D eigenvalue weighted by atomic mass is 16.7. The molecule has 3 heterocycles. The molecule has 1 aromatic carbocycles. The number of likely N-dealkylation sites (N-methyl/N-ethyl adjacent to an activating group) is 1. The lowest BCUT2D eigenvalue weighted by molar-refractivity contribution is -0.279. The molecule has 13 atom stereocenters. The largest absolute Gasteiger partial charge is 0.458 e. The van der Waals surface area contributed by atoms with Crippen LogP contribution in [0.1, 0.15) is 80.2 Å². The number of cyclic esters (lactones) is 1. The standard InChI is InChI=1S/C41H64N4O11/c1-13-31-41(8)33(43-38(49)56-41)27(6)45(39(50)52-22-28-17-15-14-16-18-28)21-23(2)20-40(7,51-12)34(25(4)32(46)26(5)36(48)54-31)55-37-24(3)29(44(10)11)19-30(53-37)35(47)42-9/h14-18,23-27,29-31,33-34,37H,13,19-22H2,1-12H3,(H,42,47)(H,43,49)/t23-,24?,25+,26?,27-,29?,30?,31-,33-,34-,37?,40-,41-/m1/s1. The Labute approximate surface area is 331 Å². The van der Waals surface area contributed by atoms with E-state index in [2.05, 4.69) is 10.6 Å². The molecule has 0 bridgehead atoms. The van der Waals surface area contributed by atoms with Gasteiger partial charge in [-0.2, -0.15) is 0 Å². The van der Waals surface area contributed by atoms with Gasteiger partial charge >= 0.3 is 18.2 Å². The van der Waals surface area contributed by atoms with Crippen molar-refractivity contribution in [2.24, 2.45) is 23.7 Å². The number of nitrogens with one attached hydrogen (secondary N) is 2. The number of carbonyl (C=O) groups excluding carboxylic acids is 5. The van der Waals surface area contributed by atoms with E-state index in [1.165, 1.54) is 14.0 Å². The fourth-order valence-corrected chi connectivity index (χ4v) is 8.79. The van der Waals surface area contributed by atoms with Crippen molar-refractivity contribution in [3.8, 4) is 0 Å². The van der Waals surface area contributed by atoms with E-state index in [0.29, 0.717) is 6.42 Å². The summed E-state index contributed by atoms with van der Waals surface area (Å²) in [6.07, 6.45) is -4.08. The molecule has 1 aromatic rings. The summed E-state index contributed by atoms with van der Waals surface area (Å²) in [5.41, 5.74) is -1.81. The molecule has 0 aromatic heterocycles. The number of benzene rings is 1. The summed E-state index contributed by atoms with van der Waals surface area (Å²) < 4.78 is 37.3. The van der Waals surface area contributed by atoms with Crippen molar-refractivity contribution < 1.29 is 52.4 Å². The minimum atomic E-state index is -1.41. The van der Waals surface area contributed by atoms with Crippen LogP contribution in [-0.2, 0) is 49.4 Å². The summed E-state index contributed by atoms with van der Waals surface area (Å²) in [6, 6.07) is 7.66. The number of ether oxygens (including phenoxy) is 6. The van der Waals surface area contributed by atoms with Crippen LogP contribution in [0.25, 0.3) is 0 Å². The van der Waals surface area contributed by atoms with E-state index in [1.54, 1.807) is 39.6 Å². The maximum Gasteiger partial charge on any atom is 0.410 e. The second kappa shape index (κ2) is 18.6. The van der Waals surface area contributed by atoms with Crippen molar-refractivity contribution in [1.82, 2.24) is 20.4 Å². The van der Waals surface area contributed by atoms with Crippen LogP contribution >= 0.6 is 0 Å². The minimum Gasteiger partial charge on any atom is -0.458 e. The summed E-state index contributed by atoms with van der Waals surface area (Å²) in [5.74, 6) is -4.24. The molecule has 15 heteroatoms. The molecule has 0 aliphatic carbocycles. The number of fused-ring (bicyclic) bond motifs is 1. The van der Waals surface area contributed by atoms with Gasteiger partial charge < -0.3 is 48.9 Å². The molecule has 314 valence electrons. The van der Waals surface area contributed by atoms with Gasteiger partial charge in [0.1, 0.15) is 24.7 Å². The Bertz CT molecular complexity index is 1550. The molecule has 3 fully saturated rings. The zero-order chi connectivity index (χ0) is 41.7. The van der Waals surface area contributed by atoms with Crippen molar-refractivity contribution in [3.05, 3.63) is 35.9 Å². The highest BCUT2D eigenvalue weighted by molar-refractivity contribution is 6.00. The summed E-state index contributed by atoms with van der Waals surface area (Å²) >= 11 is 0. The van der Waals surface area contributed by atoms with Crippen molar-refractivity contribution in [2.75, 3.05) is 34.8 Å². The van der Waals surface area contributed by atoms with Crippen LogP contribution in [0.4, 0.5) is 9.59 Å². The minimum absolute atomic E-state index is 0.0189. The Kier molecular flexibility index (Phi) is 15.0. The zero-order valence-corrected chi connectivity index (χ0v) is 35.2. The normalized spacial score (nSPS) is 37.3. The molecule has 5 unspecified atom stereocenters. The highest BCUT2D eigenvalue weighted by Gasteiger charge is 2.57. The van der Waals surface area contributed by atoms with E-state index in [0.717, 1.165) is 5.56 Å². The molecule has 4 rings (SSSR count). The van der Waals surface area contributed by atoms with Gasteiger partial charge in [0, 0.05) is 38.6 Å². The van der Waals surface area contributed by atoms with E-state index in [-0.39, 0.29) is 49.8 Å². The molecule has 3 amide bonds. The van der Waals surface area contributed by atoms with Gasteiger partial charge in [-0.25, -0.2) is 9.59 Å². The number of alkyl carbamates (subject to hydrolysis) is 1. The molecule has 0 spiro atoms. The monoisotopic (exact) mass is 788 g/mol. The van der Waals surface area contributed by atoms with Gasteiger partial charge in [0.05, 0.1) is 23.8 Å². The van der Waals surface area contributed by atoms with Crippen LogP contribution in [0.15, 0.2) is 30.3 Å². The first-order chi connectivity index (χ1) is 26.3. The first-order valence-electron chi connectivity index (χ1n) is 19.8. The molecule has 0 saturated carbocycles. The molecule has 3 aliphatic heterocycles. The average molecular weight is 789 g/mol. The quantitative estimate of drug-likeness (QED) is 0.218. The second-order valence-electron chi connectivity index (χ2n) is 16.5. The van der Waals surface area contributed by atoms with Crippen LogP contribution < -0.4 is 10.6 Å². The Hall–Kier alpha value is -3.79. The summed E-state index contributed by atoms with van der Waals surface area (Å²) in [4.78, 5) is 72.0. The number of carbonyl (C=O) groups is 5. The number of esters is 1. The third kappa shape index (κ3) is 9.66. The molecular formula is C41H64N4O11. The Morgan fingerprint density at radius 1 is 1.05 bits per heavy atom. The molecule has 3 saturated heterocycles.